The van der Waals surface area contributed by atoms with Gasteiger partial charge in [0.05, 0.1) is 0 Å². The van der Waals surface area contributed by atoms with Crippen LogP contribution in [0.5, 0.6) is 0 Å². The molecule has 1 saturated heterocycles. The Kier molecular flexibility index (Phi) is 5.27. The van der Waals surface area contributed by atoms with Crippen molar-refractivity contribution in [3.63, 3.8) is 0 Å². The fourth-order valence-electron chi connectivity index (χ4n) is 3.04. The van der Waals surface area contributed by atoms with E-state index >= 15 is 0 Å². The van der Waals surface area contributed by atoms with E-state index in [1.807, 2.05) is 0 Å². The van der Waals surface area contributed by atoms with E-state index in [4.69, 9.17) is 5.73 Å². The van der Waals surface area contributed by atoms with E-state index in [0.717, 1.165) is 12.5 Å². The lowest BCUT2D eigenvalue weighted by atomic mass is 9.75. The summed E-state index contributed by atoms with van der Waals surface area (Å²) >= 11 is 3.68. The third kappa shape index (κ3) is 4.06. The molecule has 0 aromatic heterocycles. The Bertz CT molecular complexity index is 443. The predicted octanol–water partition coefficient (Wildman–Crippen LogP) is 4.17. The SMILES string of the molecule is CC(C)(C)C1CCN(Cc2ccc(CN)cc2Br)CC1. The quantitative estimate of drug-likeness (QED) is 0.896. The van der Waals surface area contributed by atoms with Crippen LogP contribution in [-0.4, -0.2) is 18.0 Å². The van der Waals surface area contributed by atoms with E-state index in [1.165, 1.54) is 41.5 Å². The van der Waals surface area contributed by atoms with Crippen LogP contribution in [0.3, 0.4) is 0 Å². The van der Waals surface area contributed by atoms with Gasteiger partial charge in [-0.05, 0) is 54.5 Å². The molecule has 0 aliphatic carbocycles. The van der Waals surface area contributed by atoms with Gasteiger partial charge >= 0.3 is 0 Å². The van der Waals surface area contributed by atoms with Gasteiger partial charge in [-0.3, -0.25) is 4.90 Å². The lowest BCUT2D eigenvalue weighted by Crippen LogP contribution is -2.37. The molecule has 0 bridgehead atoms. The second-order valence-electron chi connectivity index (χ2n) is 7.05. The fraction of sp³-hybridized carbons (Fsp3) is 0.647. The van der Waals surface area contributed by atoms with E-state index in [0.29, 0.717) is 12.0 Å². The third-order valence-electron chi connectivity index (χ3n) is 4.56. The molecule has 0 spiro atoms. The zero-order valence-electron chi connectivity index (χ0n) is 13.0. The monoisotopic (exact) mass is 338 g/mol. The Balaban J connectivity index is 1.93. The van der Waals surface area contributed by atoms with Gasteiger partial charge in [0.15, 0.2) is 0 Å². The van der Waals surface area contributed by atoms with Crippen molar-refractivity contribution in [1.82, 2.24) is 4.90 Å². The average Bonchev–Trinajstić information content (AvgIpc) is 2.40. The third-order valence-corrected chi connectivity index (χ3v) is 5.30. The van der Waals surface area contributed by atoms with Crippen molar-refractivity contribution in [2.45, 2.75) is 46.7 Å². The molecule has 1 heterocycles. The van der Waals surface area contributed by atoms with Crippen molar-refractivity contribution < 1.29 is 0 Å². The molecule has 3 heteroatoms. The first-order chi connectivity index (χ1) is 9.40. The Labute approximate surface area is 131 Å². The van der Waals surface area contributed by atoms with E-state index in [2.05, 4.69) is 59.8 Å². The molecule has 20 heavy (non-hydrogen) atoms. The summed E-state index contributed by atoms with van der Waals surface area (Å²) in [6.45, 7) is 11.2. The number of nitrogens with two attached hydrogens (primary N) is 1. The van der Waals surface area contributed by atoms with Gasteiger partial charge in [-0.2, -0.15) is 0 Å². The number of hydrogen-bond acceptors (Lipinski definition) is 2. The molecule has 2 nitrogen and oxygen atoms in total. The molecule has 1 aromatic rings. The highest BCUT2D eigenvalue weighted by Crippen LogP contribution is 2.34. The maximum Gasteiger partial charge on any atom is 0.0244 e. The Morgan fingerprint density at radius 2 is 1.90 bits per heavy atom. The summed E-state index contributed by atoms with van der Waals surface area (Å²) in [5, 5.41) is 0. The van der Waals surface area contributed by atoms with E-state index in [-0.39, 0.29) is 0 Å². The number of nitrogens with zero attached hydrogens (tertiary/aromatic N) is 1. The number of halogens is 1. The molecule has 0 radical (unpaired) electrons. The fourth-order valence-corrected chi connectivity index (χ4v) is 3.60. The number of likely N-dealkylation sites (tertiary alicyclic amines) is 1. The zero-order chi connectivity index (χ0) is 14.8. The largest absolute Gasteiger partial charge is 0.326 e. The molecule has 0 amide bonds. The molecule has 0 unspecified atom stereocenters. The lowest BCUT2D eigenvalue weighted by molar-refractivity contribution is 0.108. The molecule has 0 saturated carbocycles. The highest BCUT2D eigenvalue weighted by molar-refractivity contribution is 9.10. The van der Waals surface area contributed by atoms with Crippen LogP contribution in [0, 0.1) is 11.3 Å². The summed E-state index contributed by atoms with van der Waals surface area (Å²) in [7, 11) is 0. The maximum atomic E-state index is 5.68. The van der Waals surface area contributed by atoms with Crippen molar-refractivity contribution in [2.24, 2.45) is 17.1 Å². The molecule has 1 fully saturated rings. The summed E-state index contributed by atoms with van der Waals surface area (Å²) in [5.41, 5.74) is 8.69. The molecule has 0 atom stereocenters. The van der Waals surface area contributed by atoms with Crippen LogP contribution in [0.1, 0.15) is 44.7 Å². The predicted molar refractivity (Wildman–Crippen MR) is 89.5 cm³/mol. The highest BCUT2D eigenvalue weighted by Gasteiger charge is 2.28. The van der Waals surface area contributed by atoms with Crippen LogP contribution < -0.4 is 5.73 Å². The molecular weight excluding hydrogens is 312 g/mol. The van der Waals surface area contributed by atoms with Crippen molar-refractivity contribution in [1.29, 1.82) is 0 Å². The first kappa shape index (κ1) is 16.0. The topological polar surface area (TPSA) is 29.3 Å². The average molecular weight is 339 g/mol. The molecule has 1 aromatic carbocycles. The highest BCUT2D eigenvalue weighted by atomic mass is 79.9. The first-order valence-corrected chi connectivity index (χ1v) is 8.39. The second-order valence-corrected chi connectivity index (χ2v) is 7.90. The van der Waals surface area contributed by atoms with Gasteiger partial charge in [-0.25, -0.2) is 0 Å². The zero-order valence-corrected chi connectivity index (χ0v) is 14.5. The van der Waals surface area contributed by atoms with Crippen LogP contribution in [0.2, 0.25) is 0 Å². The van der Waals surface area contributed by atoms with Gasteiger partial charge in [0, 0.05) is 17.6 Å². The van der Waals surface area contributed by atoms with Gasteiger partial charge in [-0.15, -0.1) is 0 Å². The van der Waals surface area contributed by atoms with E-state index in [1.54, 1.807) is 0 Å². The minimum absolute atomic E-state index is 0.454. The maximum absolute atomic E-state index is 5.68. The molecular formula is C17H27BrN2. The molecule has 1 aliphatic heterocycles. The Morgan fingerprint density at radius 3 is 2.40 bits per heavy atom. The number of rotatable bonds is 3. The van der Waals surface area contributed by atoms with Gasteiger partial charge in [0.2, 0.25) is 0 Å². The Morgan fingerprint density at radius 1 is 1.25 bits per heavy atom. The van der Waals surface area contributed by atoms with Crippen molar-refractivity contribution >= 4 is 15.9 Å². The van der Waals surface area contributed by atoms with Crippen LogP contribution in [0.15, 0.2) is 22.7 Å². The van der Waals surface area contributed by atoms with Crippen LogP contribution in [-0.2, 0) is 13.1 Å². The standard InChI is InChI=1S/C17H27BrN2/c1-17(2,3)15-6-8-20(9-7-15)12-14-5-4-13(11-19)10-16(14)18/h4-5,10,15H,6-9,11-12,19H2,1-3H3. The lowest BCUT2D eigenvalue weighted by Gasteiger charge is -2.38. The van der Waals surface area contributed by atoms with Crippen molar-refractivity contribution in [3.8, 4) is 0 Å². The summed E-state index contributed by atoms with van der Waals surface area (Å²) in [6.07, 6.45) is 2.64. The minimum atomic E-state index is 0.454. The second kappa shape index (κ2) is 6.59. The normalized spacial score (nSPS) is 18.4. The minimum Gasteiger partial charge on any atom is -0.326 e. The summed E-state index contributed by atoms with van der Waals surface area (Å²) < 4.78 is 1.19. The van der Waals surface area contributed by atoms with E-state index < -0.39 is 0 Å². The summed E-state index contributed by atoms with van der Waals surface area (Å²) in [4.78, 5) is 2.57. The molecule has 2 rings (SSSR count). The van der Waals surface area contributed by atoms with Crippen molar-refractivity contribution in [2.75, 3.05) is 13.1 Å². The Hall–Kier alpha value is -0.380. The van der Waals surface area contributed by atoms with Crippen LogP contribution >= 0.6 is 15.9 Å². The van der Waals surface area contributed by atoms with E-state index in [9.17, 15) is 0 Å². The van der Waals surface area contributed by atoms with Crippen LogP contribution in [0.25, 0.3) is 0 Å². The number of benzene rings is 1. The first-order valence-electron chi connectivity index (χ1n) is 7.60. The van der Waals surface area contributed by atoms with Crippen LogP contribution in [0.4, 0.5) is 0 Å². The summed E-state index contributed by atoms with van der Waals surface area (Å²) in [5.74, 6) is 0.863. The van der Waals surface area contributed by atoms with Gasteiger partial charge < -0.3 is 5.73 Å². The molecule has 2 N–H and O–H groups in total. The molecule has 112 valence electrons. The van der Waals surface area contributed by atoms with Gasteiger partial charge in [0.25, 0.3) is 0 Å². The summed E-state index contributed by atoms with van der Waals surface area (Å²) in [6, 6.07) is 6.50. The number of hydrogen-bond donors (Lipinski definition) is 1. The van der Waals surface area contributed by atoms with Crippen molar-refractivity contribution in [3.05, 3.63) is 33.8 Å². The van der Waals surface area contributed by atoms with Gasteiger partial charge in [-0.1, -0.05) is 48.8 Å². The van der Waals surface area contributed by atoms with Gasteiger partial charge in [0.1, 0.15) is 0 Å². The molecule has 1 aliphatic rings. The smallest absolute Gasteiger partial charge is 0.0244 e. The number of piperidine rings is 1.